The van der Waals surface area contributed by atoms with E-state index in [4.69, 9.17) is 5.11 Å². The summed E-state index contributed by atoms with van der Waals surface area (Å²) in [6.45, 7) is 4.01. The van der Waals surface area contributed by atoms with Crippen molar-refractivity contribution >= 4 is 5.78 Å². The van der Waals surface area contributed by atoms with E-state index in [1.807, 2.05) is 6.08 Å². The van der Waals surface area contributed by atoms with E-state index in [1.165, 1.54) is 0 Å². The minimum Gasteiger partial charge on any atom is -0.392 e. The molecule has 0 amide bonds. The molecule has 0 saturated carbocycles. The first-order valence-corrected chi connectivity index (χ1v) is 5.09. The monoisotopic (exact) mass is 184 g/mol. The molecule has 2 nitrogen and oxygen atoms in total. The molecule has 0 fully saturated rings. The van der Waals surface area contributed by atoms with Gasteiger partial charge in [0.2, 0.25) is 0 Å². The number of aliphatic hydroxyl groups excluding tert-OH is 1. The Labute approximate surface area is 80.7 Å². The summed E-state index contributed by atoms with van der Waals surface area (Å²) in [5, 5.41) is 8.93. The summed E-state index contributed by atoms with van der Waals surface area (Å²) in [5.41, 5.74) is 0.593. The molecule has 0 rings (SSSR count). The molecular weight excluding hydrogens is 164 g/mol. The van der Waals surface area contributed by atoms with Crippen LogP contribution in [-0.2, 0) is 4.79 Å². The standard InChI is InChI=1S/C11H20O2/c1-3-5-7-10(9-12)11(13)8-6-4-2/h7,12H,3-6,8-9H2,1-2H3. The highest BCUT2D eigenvalue weighted by atomic mass is 16.3. The molecule has 0 unspecified atom stereocenters. The second kappa shape index (κ2) is 7.99. The van der Waals surface area contributed by atoms with Crippen molar-refractivity contribution in [2.45, 2.75) is 46.0 Å². The molecule has 0 aromatic heterocycles. The largest absolute Gasteiger partial charge is 0.392 e. The van der Waals surface area contributed by atoms with Gasteiger partial charge in [-0.2, -0.15) is 0 Å². The highest BCUT2D eigenvalue weighted by Gasteiger charge is 2.06. The topological polar surface area (TPSA) is 37.3 Å². The normalized spacial score (nSPS) is 11.8. The van der Waals surface area contributed by atoms with Gasteiger partial charge in [0.1, 0.15) is 0 Å². The zero-order valence-corrected chi connectivity index (χ0v) is 8.68. The van der Waals surface area contributed by atoms with Crippen molar-refractivity contribution < 1.29 is 9.90 Å². The van der Waals surface area contributed by atoms with Crippen molar-refractivity contribution in [2.24, 2.45) is 0 Å². The van der Waals surface area contributed by atoms with Crippen molar-refractivity contribution in [3.8, 4) is 0 Å². The van der Waals surface area contributed by atoms with Crippen LogP contribution in [0.15, 0.2) is 11.6 Å². The summed E-state index contributed by atoms with van der Waals surface area (Å²) in [4.78, 5) is 11.4. The Bertz CT molecular complexity index is 171. The van der Waals surface area contributed by atoms with Gasteiger partial charge in [-0.15, -0.1) is 0 Å². The Kier molecular flexibility index (Phi) is 7.60. The lowest BCUT2D eigenvalue weighted by molar-refractivity contribution is -0.116. The van der Waals surface area contributed by atoms with Crippen LogP contribution in [0.5, 0.6) is 0 Å². The van der Waals surface area contributed by atoms with Crippen LogP contribution in [0.1, 0.15) is 46.0 Å². The first-order valence-electron chi connectivity index (χ1n) is 5.09. The van der Waals surface area contributed by atoms with Crippen LogP contribution in [0, 0.1) is 0 Å². The fourth-order valence-electron chi connectivity index (χ4n) is 1.08. The van der Waals surface area contributed by atoms with Gasteiger partial charge in [-0.05, 0) is 12.8 Å². The van der Waals surface area contributed by atoms with E-state index in [0.29, 0.717) is 12.0 Å². The Morgan fingerprint density at radius 2 is 2.00 bits per heavy atom. The maximum atomic E-state index is 11.4. The maximum absolute atomic E-state index is 11.4. The highest BCUT2D eigenvalue weighted by molar-refractivity contribution is 5.95. The average molecular weight is 184 g/mol. The fraction of sp³-hybridized carbons (Fsp3) is 0.727. The van der Waals surface area contributed by atoms with E-state index < -0.39 is 0 Å². The zero-order valence-electron chi connectivity index (χ0n) is 8.68. The molecule has 13 heavy (non-hydrogen) atoms. The SMILES string of the molecule is CCCC=C(CO)C(=O)CCCC. The van der Waals surface area contributed by atoms with Gasteiger partial charge < -0.3 is 5.11 Å². The predicted octanol–water partition coefficient (Wildman–Crippen LogP) is 2.46. The van der Waals surface area contributed by atoms with Crippen molar-refractivity contribution in [3.05, 3.63) is 11.6 Å². The molecule has 0 heterocycles. The summed E-state index contributed by atoms with van der Waals surface area (Å²) in [7, 11) is 0. The van der Waals surface area contributed by atoms with Crippen LogP contribution in [0.25, 0.3) is 0 Å². The first kappa shape index (κ1) is 12.4. The van der Waals surface area contributed by atoms with E-state index in [1.54, 1.807) is 0 Å². The second-order valence-corrected chi connectivity index (χ2v) is 3.20. The smallest absolute Gasteiger partial charge is 0.160 e. The zero-order chi connectivity index (χ0) is 10.1. The Balaban J connectivity index is 3.99. The molecule has 2 heteroatoms. The third-order valence-corrected chi connectivity index (χ3v) is 1.97. The second-order valence-electron chi connectivity index (χ2n) is 3.20. The van der Waals surface area contributed by atoms with Crippen LogP contribution >= 0.6 is 0 Å². The number of aliphatic hydroxyl groups is 1. The third kappa shape index (κ3) is 5.58. The van der Waals surface area contributed by atoms with E-state index in [0.717, 1.165) is 25.7 Å². The summed E-state index contributed by atoms with van der Waals surface area (Å²) < 4.78 is 0. The molecule has 0 radical (unpaired) electrons. The number of carbonyl (C=O) groups is 1. The Hall–Kier alpha value is -0.630. The number of rotatable bonds is 7. The average Bonchev–Trinajstić information content (AvgIpc) is 2.16. The molecule has 0 spiro atoms. The summed E-state index contributed by atoms with van der Waals surface area (Å²) >= 11 is 0. The lowest BCUT2D eigenvalue weighted by atomic mass is 10.1. The van der Waals surface area contributed by atoms with Crippen LogP contribution in [-0.4, -0.2) is 17.5 Å². The van der Waals surface area contributed by atoms with Gasteiger partial charge in [-0.1, -0.05) is 32.8 Å². The van der Waals surface area contributed by atoms with Crippen molar-refractivity contribution in [1.82, 2.24) is 0 Å². The minimum atomic E-state index is -0.109. The third-order valence-electron chi connectivity index (χ3n) is 1.97. The molecule has 76 valence electrons. The van der Waals surface area contributed by atoms with Crippen molar-refractivity contribution in [3.63, 3.8) is 0 Å². The van der Waals surface area contributed by atoms with Gasteiger partial charge in [-0.3, -0.25) is 4.79 Å². The molecular formula is C11H20O2. The number of unbranched alkanes of at least 4 members (excludes halogenated alkanes) is 2. The van der Waals surface area contributed by atoms with Crippen molar-refractivity contribution in [2.75, 3.05) is 6.61 Å². The number of hydrogen-bond acceptors (Lipinski definition) is 2. The van der Waals surface area contributed by atoms with Gasteiger partial charge in [0.05, 0.1) is 6.61 Å². The minimum absolute atomic E-state index is 0.109. The predicted molar refractivity (Wildman–Crippen MR) is 54.6 cm³/mol. The molecule has 0 aliphatic rings. The maximum Gasteiger partial charge on any atom is 0.160 e. The van der Waals surface area contributed by atoms with Crippen LogP contribution in [0.4, 0.5) is 0 Å². The van der Waals surface area contributed by atoms with Crippen LogP contribution < -0.4 is 0 Å². The van der Waals surface area contributed by atoms with E-state index in [9.17, 15) is 4.79 Å². The first-order chi connectivity index (χ1) is 6.26. The molecule has 0 saturated heterocycles. The summed E-state index contributed by atoms with van der Waals surface area (Å²) in [6.07, 6.45) is 6.28. The lowest BCUT2D eigenvalue weighted by Gasteiger charge is -2.01. The number of carbonyl (C=O) groups excluding carboxylic acids is 1. The van der Waals surface area contributed by atoms with E-state index in [-0.39, 0.29) is 12.4 Å². The number of allylic oxidation sites excluding steroid dienone is 1. The molecule has 0 aliphatic heterocycles. The van der Waals surface area contributed by atoms with Gasteiger partial charge in [0.25, 0.3) is 0 Å². The van der Waals surface area contributed by atoms with E-state index in [2.05, 4.69) is 13.8 Å². The van der Waals surface area contributed by atoms with Crippen molar-refractivity contribution in [1.29, 1.82) is 0 Å². The Morgan fingerprint density at radius 1 is 1.31 bits per heavy atom. The molecule has 1 N–H and O–H groups in total. The van der Waals surface area contributed by atoms with Crippen LogP contribution in [0.3, 0.4) is 0 Å². The van der Waals surface area contributed by atoms with Gasteiger partial charge in [0, 0.05) is 12.0 Å². The molecule has 0 atom stereocenters. The molecule has 0 aromatic rings. The number of hydrogen-bond donors (Lipinski definition) is 1. The highest BCUT2D eigenvalue weighted by Crippen LogP contribution is 2.06. The summed E-state index contributed by atoms with van der Waals surface area (Å²) in [6, 6.07) is 0. The fourth-order valence-corrected chi connectivity index (χ4v) is 1.08. The Morgan fingerprint density at radius 3 is 2.46 bits per heavy atom. The number of ketones is 1. The lowest BCUT2D eigenvalue weighted by Crippen LogP contribution is -2.06. The van der Waals surface area contributed by atoms with Gasteiger partial charge >= 0.3 is 0 Å². The quantitative estimate of drug-likeness (QED) is 0.617. The number of Topliss-reactive ketones (excluding diaryl/α,β-unsaturated/α-hetero) is 1. The van der Waals surface area contributed by atoms with E-state index >= 15 is 0 Å². The molecule has 0 bridgehead atoms. The van der Waals surface area contributed by atoms with Crippen LogP contribution in [0.2, 0.25) is 0 Å². The van der Waals surface area contributed by atoms with Gasteiger partial charge in [0.15, 0.2) is 5.78 Å². The summed E-state index contributed by atoms with van der Waals surface area (Å²) in [5.74, 6) is 0.109. The molecule has 0 aromatic carbocycles. The van der Waals surface area contributed by atoms with Gasteiger partial charge in [-0.25, -0.2) is 0 Å². The molecule has 0 aliphatic carbocycles.